The van der Waals surface area contributed by atoms with Crippen molar-refractivity contribution in [2.24, 2.45) is 0 Å². The fourth-order valence-electron chi connectivity index (χ4n) is 2.02. The second kappa shape index (κ2) is 9.29. The Labute approximate surface area is 160 Å². The van der Waals surface area contributed by atoms with Crippen LogP contribution in [0.3, 0.4) is 0 Å². The zero-order chi connectivity index (χ0) is 18.2. The number of amides is 2. The standard InChI is InChI=1S/C18H18BrN3O2S/c1-2-10-20-16(23)13-4-3-5-15(11-13)21-18(25)22-17(24)12-6-8-14(19)9-7-12/h3-9,11H,2,10H2,1H3,(H,20,23)(H2,21,22,24,25). The number of halogens is 1. The van der Waals surface area contributed by atoms with Gasteiger partial charge in [0.25, 0.3) is 11.8 Å². The summed E-state index contributed by atoms with van der Waals surface area (Å²) in [6.07, 6.45) is 0.871. The van der Waals surface area contributed by atoms with Gasteiger partial charge in [-0.1, -0.05) is 28.9 Å². The lowest BCUT2D eigenvalue weighted by molar-refractivity contribution is 0.0951. The molecule has 2 aromatic carbocycles. The Bertz CT molecular complexity index is 778. The molecule has 25 heavy (non-hydrogen) atoms. The number of anilines is 1. The van der Waals surface area contributed by atoms with Crippen molar-refractivity contribution in [3.8, 4) is 0 Å². The van der Waals surface area contributed by atoms with Crippen molar-refractivity contribution in [3.05, 3.63) is 64.1 Å². The Hall–Kier alpha value is -2.25. The molecular weight excluding hydrogens is 402 g/mol. The lowest BCUT2D eigenvalue weighted by atomic mass is 10.2. The van der Waals surface area contributed by atoms with Gasteiger partial charge in [0, 0.05) is 27.8 Å². The predicted octanol–water partition coefficient (Wildman–Crippen LogP) is 3.72. The topological polar surface area (TPSA) is 70.2 Å². The van der Waals surface area contributed by atoms with Crippen LogP contribution >= 0.6 is 28.1 Å². The van der Waals surface area contributed by atoms with Gasteiger partial charge in [-0.2, -0.15) is 0 Å². The highest BCUT2D eigenvalue weighted by atomic mass is 79.9. The molecule has 3 N–H and O–H groups in total. The molecule has 0 saturated carbocycles. The first-order chi connectivity index (χ1) is 12.0. The van der Waals surface area contributed by atoms with Crippen LogP contribution < -0.4 is 16.0 Å². The van der Waals surface area contributed by atoms with Crippen molar-refractivity contribution < 1.29 is 9.59 Å². The monoisotopic (exact) mass is 419 g/mol. The van der Waals surface area contributed by atoms with Crippen LogP contribution in [0.1, 0.15) is 34.1 Å². The summed E-state index contributed by atoms with van der Waals surface area (Å²) >= 11 is 8.49. The molecule has 0 spiro atoms. The molecule has 0 aromatic heterocycles. The van der Waals surface area contributed by atoms with Crippen molar-refractivity contribution in [1.29, 1.82) is 0 Å². The number of hydrogen-bond donors (Lipinski definition) is 3. The Balaban J connectivity index is 1.97. The second-order valence-corrected chi connectivity index (χ2v) is 6.58. The van der Waals surface area contributed by atoms with Crippen molar-refractivity contribution in [2.45, 2.75) is 13.3 Å². The van der Waals surface area contributed by atoms with E-state index in [-0.39, 0.29) is 16.9 Å². The molecule has 2 aromatic rings. The first-order valence-corrected chi connectivity index (χ1v) is 8.96. The number of thiocarbonyl (C=S) groups is 1. The van der Waals surface area contributed by atoms with Gasteiger partial charge < -0.3 is 10.6 Å². The normalized spacial score (nSPS) is 10.0. The molecule has 0 fully saturated rings. The Morgan fingerprint density at radius 1 is 1.04 bits per heavy atom. The van der Waals surface area contributed by atoms with Crippen LogP contribution in [-0.4, -0.2) is 23.5 Å². The van der Waals surface area contributed by atoms with Gasteiger partial charge in [-0.05, 0) is 61.1 Å². The number of rotatable bonds is 5. The molecule has 0 heterocycles. The van der Waals surface area contributed by atoms with Crippen LogP contribution in [0.15, 0.2) is 53.0 Å². The largest absolute Gasteiger partial charge is 0.352 e. The quantitative estimate of drug-likeness (QED) is 0.645. The van der Waals surface area contributed by atoms with E-state index in [1.807, 2.05) is 6.92 Å². The maximum absolute atomic E-state index is 12.1. The van der Waals surface area contributed by atoms with E-state index in [1.165, 1.54) is 0 Å². The van der Waals surface area contributed by atoms with Crippen LogP contribution in [0.2, 0.25) is 0 Å². The molecule has 2 rings (SSSR count). The fraction of sp³-hybridized carbons (Fsp3) is 0.167. The van der Waals surface area contributed by atoms with E-state index in [2.05, 4.69) is 31.9 Å². The highest BCUT2D eigenvalue weighted by Gasteiger charge is 2.09. The van der Waals surface area contributed by atoms with Crippen LogP contribution in [-0.2, 0) is 0 Å². The minimum absolute atomic E-state index is 0.143. The lowest BCUT2D eigenvalue weighted by Crippen LogP contribution is -2.34. The molecule has 7 heteroatoms. The van der Waals surface area contributed by atoms with Gasteiger partial charge >= 0.3 is 0 Å². The number of benzene rings is 2. The van der Waals surface area contributed by atoms with E-state index < -0.39 is 0 Å². The van der Waals surface area contributed by atoms with Gasteiger partial charge in [0.15, 0.2) is 5.11 Å². The number of carbonyl (C=O) groups is 2. The lowest BCUT2D eigenvalue weighted by Gasteiger charge is -2.11. The highest BCUT2D eigenvalue weighted by molar-refractivity contribution is 9.10. The van der Waals surface area contributed by atoms with E-state index in [4.69, 9.17) is 12.2 Å². The highest BCUT2D eigenvalue weighted by Crippen LogP contribution is 2.12. The fourth-order valence-corrected chi connectivity index (χ4v) is 2.49. The summed E-state index contributed by atoms with van der Waals surface area (Å²) in [4.78, 5) is 24.1. The summed E-state index contributed by atoms with van der Waals surface area (Å²) in [7, 11) is 0. The minimum Gasteiger partial charge on any atom is -0.352 e. The molecule has 2 amide bonds. The molecule has 0 radical (unpaired) electrons. The number of carbonyl (C=O) groups excluding carboxylic acids is 2. The third kappa shape index (κ3) is 5.95. The van der Waals surface area contributed by atoms with E-state index in [0.717, 1.165) is 10.9 Å². The van der Waals surface area contributed by atoms with E-state index in [1.54, 1.807) is 48.5 Å². The van der Waals surface area contributed by atoms with E-state index in [0.29, 0.717) is 23.4 Å². The van der Waals surface area contributed by atoms with Crippen LogP contribution in [0, 0.1) is 0 Å². The van der Waals surface area contributed by atoms with Gasteiger partial charge in [-0.3, -0.25) is 14.9 Å². The minimum atomic E-state index is -0.304. The van der Waals surface area contributed by atoms with Crippen LogP contribution in [0.4, 0.5) is 5.69 Å². The van der Waals surface area contributed by atoms with E-state index >= 15 is 0 Å². The first-order valence-electron chi connectivity index (χ1n) is 7.75. The summed E-state index contributed by atoms with van der Waals surface area (Å²) in [5.41, 5.74) is 1.66. The summed E-state index contributed by atoms with van der Waals surface area (Å²) in [5, 5.41) is 8.51. The third-order valence-electron chi connectivity index (χ3n) is 3.25. The number of nitrogens with one attached hydrogen (secondary N) is 3. The maximum atomic E-state index is 12.1. The summed E-state index contributed by atoms with van der Waals surface area (Å²) in [6.45, 7) is 2.61. The van der Waals surface area contributed by atoms with Gasteiger partial charge in [-0.15, -0.1) is 0 Å². The van der Waals surface area contributed by atoms with Gasteiger partial charge in [0.05, 0.1) is 0 Å². The Morgan fingerprint density at radius 2 is 1.76 bits per heavy atom. The molecule has 0 bridgehead atoms. The smallest absolute Gasteiger partial charge is 0.257 e. The molecule has 0 atom stereocenters. The summed E-state index contributed by atoms with van der Waals surface area (Å²) in [5.74, 6) is -0.447. The third-order valence-corrected chi connectivity index (χ3v) is 3.98. The zero-order valence-corrected chi connectivity index (χ0v) is 16.0. The molecule has 5 nitrogen and oxygen atoms in total. The zero-order valence-electron chi connectivity index (χ0n) is 13.6. The molecule has 0 aliphatic heterocycles. The van der Waals surface area contributed by atoms with Crippen molar-refractivity contribution >= 4 is 50.8 Å². The molecule has 0 unspecified atom stereocenters. The SMILES string of the molecule is CCCNC(=O)c1cccc(NC(=S)NC(=O)c2ccc(Br)cc2)c1. The van der Waals surface area contributed by atoms with Crippen LogP contribution in [0.25, 0.3) is 0 Å². The Morgan fingerprint density at radius 3 is 2.44 bits per heavy atom. The second-order valence-electron chi connectivity index (χ2n) is 5.25. The first kappa shape index (κ1) is 19.1. The van der Waals surface area contributed by atoms with E-state index in [9.17, 15) is 9.59 Å². The average molecular weight is 420 g/mol. The van der Waals surface area contributed by atoms with Crippen molar-refractivity contribution in [3.63, 3.8) is 0 Å². The molecule has 0 aliphatic carbocycles. The molecule has 0 saturated heterocycles. The molecule has 130 valence electrons. The van der Waals surface area contributed by atoms with Gasteiger partial charge in [-0.25, -0.2) is 0 Å². The van der Waals surface area contributed by atoms with Gasteiger partial charge in [0.1, 0.15) is 0 Å². The van der Waals surface area contributed by atoms with Crippen LogP contribution in [0.5, 0.6) is 0 Å². The maximum Gasteiger partial charge on any atom is 0.257 e. The Kier molecular flexibility index (Phi) is 7.09. The predicted molar refractivity (Wildman–Crippen MR) is 107 cm³/mol. The summed E-state index contributed by atoms with van der Waals surface area (Å²) in [6, 6.07) is 13.9. The molecule has 0 aliphatic rings. The van der Waals surface area contributed by atoms with Gasteiger partial charge in [0.2, 0.25) is 0 Å². The molecular formula is C18H18BrN3O2S. The van der Waals surface area contributed by atoms with Crippen molar-refractivity contribution in [2.75, 3.05) is 11.9 Å². The van der Waals surface area contributed by atoms with Crippen molar-refractivity contribution in [1.82, 2.24) is 10.6 Å². The number of hydrogen-bond acceptors (Lipinski definition) is 3. The summed E-state index contributed by atoms with van der Waals surface area (Å²) < 4.78 is 0.892. The average Bonchev–Trinajstić information content (AvgIpc) is 2.60.